The zero-order chi connectivity index (χ0) is 14.0. The van der Waals surface area contributed by atoms with Crippen LogP contribution in [0.5, 0.6) is 0 Å². The molecule has 2 rings (SSSR count). The zero-order valence-electron chi connectivity index (χ0n) is 9.62. The summed E-state index contributed by atoms with van der Waals surface area (Å²) in [7, 11) is -4.02. The van der Waals surface area contributed by atoms with Crippen LogP contribution in [-0.2, 0) is 10.0 Å². The summed E-state index contributed by atoms with van der Waals surface area (Å²) < 4.78 is 26.3. The lowest BCUT2D eigenvalue weighted by molar-refractivity contribution is 0.601. The normalized spacial score (nSPS) is 11.2. The molecule has 1 aromatic heterocycles. The third-order valence-electron chi connectivity index (χ3n) is 2.25. The van der Waals surface area contributed by atoms with E-state index < -0.39 is 15.6 Å². The third kappa shape index (κ3) is 2.65. The standard InChI is InChI=1S/C10H11N5O3S/c11-6-2-1-3-7(12)9(6)19(17,18)15-10-13-5-4-8(16)14-10/h1-5H,11-12H2,(H2,13,14,15,16). The van der Waals surface area contributed by atoms with E-state index >= 15 is 0 Å². The van der Waals surface area contributed by atoms with Crippen LogP contribution in [0, 0.1) is 0 Å². The minimum absolute atomic E-state index is 0.00535. The van der Waals surface area contributed by atoms with Crippen molar-refractivity contribution in [1.29, 1.82) is 0 Å². The summed E-state index contributed by atoms with van der Waals surface area (Å²) in [6.07, 6.45) is 1.17. The number of anilines is 3. The highest BCUT2D eigenvalue weighted by Gasteiger charge is 2.21. The Kier molecular flexibility index (Phi) is 3.13. The van der Waals surface area contributed by atoms with Crippen LogP contribution in [0.2, 0.25) is 0 Å². The zero-order valence-corrected chi connectivity index (χ0v) is 10.4. The van der Waals surface area contributed by atoms with E-state index in [2.05, 4.69) is 14.7 Å². The molecule has 0 spiro atoms. The van der Waals surface area contributed by atoms with Gasteiger partial charge in [-0.15, -0.1) is 0 Å². The number of aromatic amines is 1. The van der Waals surface area contributed by atoms with Gasteiger partial charge in [0.1, 0.15) is 4.90 Å². The summed E-state index contributed by atoms with van der Waals surface area (Å²) in [5.41, 5.74) is 10.7. The van der Waals surface area contributed by atoms with E-state index in [0.29, 0.717) is 0 Å². The van der Waals surface area contributed by atoms with Crippen molar-refractivity contribution in [3.8, 4) is 0 Å². The molecule has 1 heterocycles. The van der Waals surface area contributed by atoms with Gasteiger partial charge in [0.15, 0.2) is 0 Å². The Morgan fingerprint density at radius 3 is 2.37 bits per heavy atom. The maximum Gasteiger partial charge on any atom is 0.268 e. The topological polar surface area (TPSA) is 144 Å². The molecule has 0 aliphatic rings. The van der Waals surface area contributed by atoms with Crippen LogP contribution in [-0.4, -0.2) is 18.4 Å². The molecule has 0 amide bonds. The number of H-pyrrole nitrogens is 1. The number of benzene rings is 1. The van der Waals surface area contributed by atoms with Gasteiger partial charge in [-0.1, -0.05) is 6.07 Å². The van der Waals surface area contributed by atoms with Gasteiger partial charge in [-0.2, -0.15) is 0 Å². The fourth-order valence-electron chi connectivity index (χ4n) is 1.48. The van der Waals surface area contributed by atoms with Crippen molar-refractivity contribution in [2.45, 2.75) is 4.90 Å². The molecule has 8 nitrogen and oxygen atoms in total. The van der Waals surface area contributed by atoms with E-state index in [0.717, 1.165) is 6.07 Å². The molecule has 0 saturated heterocycles. The predicted molar refractivity (Wildman–Crippen MR) is 70.9 cm³/mol. The number of nitrogen functional groups attached to an aromatic ring is 2. The van der Waals surface area contributed by atoms with Gasteiger partial charge in [0.25, 0.3) is 15.6 Å². The fraction of sp³-hybridized carbons (Fsp3) is 0. The SMILES string of the molecule is Nc1cccc(N)c1S(=O)(=O)Nc1nccc(=O)[nH]1. The highest BCUT2D eigenvalue weighted by atomic mass is 32.2. The van der Waals surface area contributed by atoms with E-state index in [-0.39, 0.29) is 22.2 Å². The molecule has 100 valence electrons. The van der Waals surface area contributed by atoms with Crippen LogP contribution in [0.25, 0.3) is 0 Å². The Morgan fingerprint density at radius 1 is 1.16 bits per heavy atom. The number of hydrogen-bond acceptors (Lipinski definition) is 6. The van der Waals surface area contributed by atoms with Gasteiger partial charge in [0.2, 0.25) is 5.95 Å². The minimum Gasteiger partial charge on any atom is -0.398 e. The molecule has 6 N–H and O–H groups in total. The first-order valence-electron chi connectivity index (χ1n) is 5.12. The van der Waals surface area contributed by atoms with Crippen LogP contribution in [0.1, 0.15) is 0 Å². The second-order valence-corrected chi connectivity index (χ2v) is 5.27. The molecule has 0 radical (unpaired) electrons. The summed E-state index contributed by atoms with van der Waals surface area (Å²) in [6.45, 7) is 0. The molecule has 0 saturated carbocycles. The van der Waals surface area contributed by atoms with E-state index in [1.165, 1.54) is 24.4 Å². The van der Waals surface area contributed by atoms with Crippen molar-refractivity contribution < 1.29 is 8.42 Å². The maximum absolute atomic E-state index is 12.1. The Bertz CT molecular complexity index is 748. The van der Waals surface area contributed by atoms with Crippen molar-refractivity contribution in [3.63, 3.8) is 0 Å². The maximum atomic E-state index is 12.1. The van der Waals surface area contributed by atoms with Crippen LogP contribution >= 0.6 is 0 Å². The van der Waals surface area contributed by atoms with E-state index in [9.17, 15) is 13.2 Å². The lowest BCUT2D eigenvalue weighted by Gasteiger charge is -2.11. The van der Waals surface area contributed by atoms with Crippen LogP contribution in [0.3, 0.4) is 0 Å². The number of nitrogens with one attached hydrogen (secondary N) is 2. The molecule has 0 aliphatic heterocycles. The number of hydrogen-bond donors (Lipinski definition) is 4. The first-order valence-corrected chi connectivity index (χ1v) is 6.60. The van der Waals surface area contributed by atoms with Crippen molar-refractivity contribution in [3.05, 3.63) is 40.8 Å². The quantitative estimate of drug-likeness (QED) is 0.570. The Labute approximate surface area is 108 Å². The number of sulfonamides is 1. The van der Waals surface area contributed by atoms with Gasteiger partial charge >= 0.3 is 0 Å². The number of rotatable bonds is 3. The molecule has 2 aromatic rings. The van der Waals surface area contributed by atoms with Crippen molar-refractivity contribution >= 4 is 27.3 Å². The second-order valence-electron chi connectivity index (χ2n) is 3.65. The lowest BCUT2D eigenvalue weighted by Crippen LogP contribution is -2.20. The summed E-state index contributed by atoms with van der Waals surface area (Å²) in [6, 6.07) is 5.51. The Hall–Kier alpha value is -2.55. The average molecular weight is 281 g/mol. The Morgan fingerprint density at radius 2 is 1.79 bits per heavy atom. The smallest absolute Gasteiger partial charge is 0.268 e. The molecule has 9 heteroatoms. The van der Waals surface area contributed by atoms with Crippen molar-refractivity contribution in [2.24, 2.45) is 0 Å². The highest BCUT2D eigenvalue weighted by Crippen LogP contribution is 2.25. The van der Waals surface area contributed by atoms with E-state index in [1.807, 2.05) is 0 Å². The van der Waals surface area contributed by atoms with E-state index in [1.54, 1.807) is 0 Å². The van der Waals surface area contributed by atoms with Gasteiger partial charge < -0.3 is 11.5 Å². The van der Waals surface area contributed by atoms with E-state index in [4.69, 9.17) is 11.5 Å². The molecule has 0 fully saturated rings. The summed E-state index contributed by atoms with van der Waals surface area (Å²) in [5.74, 6) is -0.213. The molecule has 0 unspecified atom stereocenters. The molecular formula is C10H11N5O3S. The van der Waals surface area contributed by atoms with Crippen molar-refractivity contribution in [2.75, 3.05) is 16.2 Å². The second kappa shape index (κ2) is 4.61. The minimum atomic E-state index is -4.02. The van der Waals surface area contributed by atoms with Gasteiger partial charge in [-0.05, 0) is 12.1 Å². The lowest BCUT2D eigenvalue weighted by atomic mass is 10.3. The molecule has 19 heavy (non-hydrogen) atoms. The fourth-order valence-corrected chi connectivity index (χ4v) is 2.70. The summed E-state index contributed by atoms with van der Waals surface area (Å²) in [4.78, 5) is 16.7. The average Bonchev–Trinajstić information content (AvgIpc) is 2.27. The first kappa shape index (κ1) is 12.9. The number of nitrogens with zero attached hydrogens (tertiary/aromatic N) is 1. The monoisotopic (exact) mass is 281 g/mol. The number of nitrogens with two attached hydrogens (primary N) is 2. The summed E-state index contributed by atoms with van der Waals surface area (Å²) >= 11 is 0. The summed E-state index contributed by atoms with van der Waals surface area (Å²) in [5, 5.41) is 0. The first-order chi connectivity index (χ1) is 8.90. The third-order valence-corrected chi connectivity index (χ3v) is 3.72. The number of aromatic nitrogens is 2. The van der Waals surface area contributed by atoms with Crippen LogP contribution < -0.4 is 21.7 Å². The van der Waals surface area contributed by atoms with Crippen LogP contribution in [0.4, 0.5) is 17.3 Å². The molecule has 1 aromatic carbocycles. The highest BCUT2D eigenvalue weighted by molar-refractivity contribution is 7.93. The van der Waals surface area contributed by atoms with Gasteiger partial charge in [0.05, 0.1) is 11.4 Å². The van der Waals surface area contributed by atoms with Gasteiger partial charge in [-0.25, -0.2) is 18.1 Å². The molecule has 0 aliphatic carbocycles. The molecular weight excluding hydrogens is 270 g/mol. The predicted octanol–water partition coefficient (Wildman–Crippen LogP) is -0.265. The van der Waals surface area contributed by atoms with Crippen LogP contribution in [0.15, 0.2) is 40.2 Å². The molecule has 0 atom stereocenters. The largest absolute Gasteiger partial charge is 0.398 e. The van der Waals surface area contributed by atoms with Gasteiger partial charge in [0, 0.05) is 12.3 Å². The van der Waals surface area contributed by atoms with Crippen molar-refractivity contribution in [1.82, 2.24) is 9.97 Å². The van der Waals surface area contributed by atoms with Gasteiger partial charge in [-0.3, -0.25) is 9.78 Å². The molecule has 0 bridgehead atoms. The Balaban J connectivity index is 2.47.